The van der Waals surface area contributed by atoms with Crippen molar-refractivity contribution in [3.8, 4) is 18.1 Å². The molecule has 0 spiro atoms. The van der Waals surface area contributed by atoms with E-state index >= 15 is 0 Å². The van der Waals surface area contributed by atoms with E-state index in [0.717, 1.165) is 21.2 Å². The molecule has 0 radical (unpaired) electrons. The van der Waals surface area contributed by atoms with Crippen LogP contribution in [0.3, 0.4) is 0 Å². The average Bonchev–Trinajstić information content (AvgIpc) is 3.14. The van der Waals surface area contributed by atoms with Crippen molar-refractivity contribution in [3.63, 3.8) is 0 Å². The molecule has 0 aliphatic heterocycles. The molecule has 0 saturated heterocycles. The molecule has 1 fully saturated rings. The fraction of sp³-hybridized carbons (Fsp3) is 0.429. The van der Waals surface area contributed by atoms with Gasteiger partial charge in [0, 0.05) is 19.0 Å². The standard InChI is InChI=1S/C14H15Br2NO/c1-2-3-6-18-14-12(15)7-10(8-13(14)16)9-17-11-4-5-11/h1,7-8,11,17H,3-6,9H2. The van der Waals surface area contributed by atoms with Crippen LogP contribution in [0.4, 0.5) is 0 Å². The Morgan fingerprint density at radius 3 is 2.56 bits per heavy atom. The first-order chi connectivity index (χ1) is 8.70. The highest BCUT2D eigenvalue weighted by Crippen LogP contribution is 2.35. The fourth-order valence-electron chi connectivity index (χ4n) is 1.61. The van der Waals surface area contributed by atoms with Crippen molar-refractivity contribution in [3.05, 3.63) is 26.6 Å². The second-order valence-corrected chi connectivity index (χ2v) is 6.06. The molecule has 18 heavy (non-hydrogen) atoms. The zero-order valence-corrected chi connectivity index (χ0v) is 13.2. The molecule has 0 unspecified atom stereocenters. The molecule has 1 aliphatic rings. The van der Waals surface area contributed by atoms with Crippen LogP contribution in [0, 0.1) is 12.3 Å². The summed E-state index contributed by atoms with van der Waals surface area (Å²) in [4.78, 5) is 0. The van der Waals surface area contributed by atoms with Gasteiger partial charge in [0.2, 0.25) is 0 Å². The van der Waals surface area contributed by atoms with Gasteiger partial charge in [0.25, 0.3) is 0 Å². The summed E-state index contributed by atoms with van der Waals surface area (Å²) < 4.78 is 7.56. The van der Waals surface area contributed by atoms with E-state index < -0.39 is 0 Å². The highest BCUT2D eigenvalue weighted by atomic mass is 79.9. The Balaban J connectivity index is 2.00. The monoisotopic (exact) mass is 371 g/mol. The lowest BCUT2D eigenvalue weighted by molar-refractivity contribution is 0.323. The van der Waals surface area contributed by atoms with Crippen LogP contribution in [-0.2, 0) is 6.54 Å². The molecule has 1 saturated carbocycles. The van der Waals surface area contributed by atoms with Crippen molar-refractivity contribution in [1.82, 2.24) is 5.32 Å². The summed E-state index contributed by atoms with van der Waals surface area (Å²) in [6.07, 6.45) is 8.42. The van der Waals surface area contributed by atoms with Gasteiger partial charge in [-0.25, -0.2) is 0 Å². The number of hydrogen-bond acceptors (Lipinski definition) is 2. The highest BCUT2D eigenvalue weighted by molar-refractivity contribution is 9.11. The van der Waals surface area contributed by atoms with Gasteiger partial charge in [-0.3, -0.25) is 0 Å². The molecule has 0 heterocycles. The number of rotatable bonds is 6. The van der Waals surface area contributed by atoms with Gasteiger partial charge in [-0.05, 0) is 62.4 Å². The van der Waals surface area contributed by atoms with Gasteiger partial charge in [0.1, 0.15) is 5.75 Å². The van der Waals surface area contributed by atoms with Gasteiger partial charge in [-0.15, -0.1) is 12.3 Å². The number of benzene rings is 1. The summed E-state index contributed by atoms with van der Waals surface area (Å²) in [7, 11) is 0. The van der Waals surface area contributed by atoms with Gasteiger partial charge in [-0.1, -0.05) is 0 Å². The van der Waals surface area contributed by atoms with Crippen molar-refractivity contribution in [2.75, 3.05) is 6.61 Å². The smallest absolute Gasteiger partial charge is 0.147 e. The maximum absolute atomic E-state index is 5.64. The zero-order chi connectivity index (χ0) is 13.0. The van der Waals surface area contributed by atoms with Gasteiger partial charge < -0.3 is 10.1 Å². The lowest BCUT2D eigenvalue weighted by Gasteiger charge is -2.12. The predicted molar refractivity (Wildman–Crippen MR) is 80.6 cm³/mol. The molecule has 96 valence electrons. The van der Waals surface area contributed by atoms with E-state index in [1.54, 1.807) is 0 Å². The Morgan fingerprint density at radius 1 is 1.33 bits per heavy atom. The molecule has 1 aromatic rings. The molecule has 2 rings (SSSR count). The lowest BCUT2D eigenvalue weighted by Crippen LogP contribution is -2.15. The fourth-order valence-corrected chi connectivity index (χ4v) is 3.12. The van der Waals surface area contributed by atoms with Crippen LogP contribution in [0.2, 0.25) is 0 Å². The molecular formula is C14H15Br2NO. The SMILES string of the molecule is C#CCCOc1c(Br)cc(CNC2CC2)cc1Br. The molecule has 4 heteroatoms. The molecule has 0 bridgehead atoms. The van der Waals surface area contributed by atoms with E-state index in [-0.39, 0.29) is 0 Å². The van der Waals surface area contributed by atoms with E-state index in [0.29, 0.717) is 19.1 Å². The van der Waals surface area contributed by atoms with E-state index in [4.69, 9.17) is 11.2 Å². The summed E-state index contributed by atoms with van der Waals surface area (Å²) in [5.41, 5.74) is 1.24. The molecule has 1 aromatic carbocycles. The molecule has 0 amide bonds. The second-order valence-electron chi connectivity index (χ2n) is 4.35. The molecule has 2 nitrogen and oxygen atoms in total. The summed E-state index contributed by atoms with van der Waals surface area (Å²) in [5.74, 6) is 3.38. The number of terminal acetylenes is 1. The number of nitrogens with one attached hydrogen (secondary N) is 1. The van der Waals surface area contributed by atoms with Crippen molar-refractivity contribution >= 4 is 31.9 Å². The van der Waals surface area contributed by atoms with E-state index in [9.17, 15) is 0 Å². The molecule has 1 aliphatic carbocycles. The first-order valence-electron chi connectivity index (χ1n) is 5.98. The highest BCUT2D eigenvalue weighted by Gasteiger charge is 2.20. The summed E-state index contributed by atoms with van der Waals surface area (Å²) in [6, 6.07) is 4.89. The van der Waals surface area contributed by atoms with E-state index in [1.165, 1.54) is 18.4 Å². The molecule has 0 atom stereocenters. The first-order valence-corrected chi connectivity index (χ1v) is 7.57. The van der Waals surface area contributed by atoms with Gasteiger partial charge in [-0.2, -0.15) is 0 Å². The van der Waals surface area contributed by atoms with E-state index in [1.807, 2.05) is 0 Å². The first kappa shape index (κ1) is 13.9. The van der Waals surface area contributed by atoms with Crippen LogP contribution in [-0.4, -0.2) is 12.6 Å². The quantitative estimate of drug-likeness (QED) is 0.604. The minimum Gasteiger partial charge on any atom is -0.490 e. The van der Waals surface area contributed by atoms with Crippen molar-refractivity contribution in [1.29, 1.82) is 0 Å². The van der Waals surface area contributed by atoms with Crippen LogP contribution < -0.4 is 10.1 Å². The zero-order valence-electron chi connectivity index (χ0n) is 10.0. The summed E-state index contributed by atoms with van der Waals surface area (Å²) in [5, 5.41) is 3.49. The van der Waals surface area contributed by atoms with Crippen molar-refractivity contribution < 1.29 is 4.74 Å². The molecule has 0 aromatic heterocycles. The van der Waals surface area contributed by atoms with Gasteiger partial charge in [0.15, 0.2) is 0 Å². The second kappa shape index (κ2) is 6.60. The lowest BCUT2D eigenvalue weighted by atomic mass is 10.2. The summed E-state index contributed by atoms with van der Waals surface area (Å²) >= 11 is 7.08. The van der Waals surface area contributed by atoms with E-state index in [2.05, 4.69) is 55.2 Å². The third kappa shape index (κ3) is 4.01. The van der Waals surface area contributed by atoms with Crippen LogP contribution in [0.1, 0.15) is 24.8 Å². The Hall–Kier alpha value is -0.500. The minimum atomic E-state index is 0.535. The minimum absolute atomic E-state index is 0.535. The topological polar surface area (TPSA) is 21.3 Å². The largest absolute Gasteiger partial charge is 0.490 e. The Morgan fingerprint density at radius 2 is 2.00 bits per heavy atom. The van der Waals surface area contributed by atoms with Crippen LogP contribution in [0.15, 0.2) is 21.1 Å². The number of ether oxygens (including phenoxy) is 1. The maximum Gasteiger partial charge on any atom is 0.147 e. The average molecular weight is 373 g/mol. The normalized spacial score (nSPS) is 14.3. The Kier molecular flexibility index (Phi) is 5.11. The number of halogens is 2. The van der Waals surface area contributed by atoms with Gasteiger partial charge >= 0.3 is 0 Å². The number of hydrogen-bond donors (Lipinski definition) is 1. The third-order valence-corrected chi connectivity index (χ3v) is 3.90. The Bertz CT molecular complexity index is 440. The molecule has 1 N–H and O–H groups in total. The van der Waals surface area contributed by atoms with Crippen molar-refractivity contribution in [2.24, 2.45) is 0 Å². The van der Waals surface area contributed by atoms with Gasteiger partial charge in [0.05, 0.1) is 15.6 Å². The Labute approximate surface area is 125 Å². The predicted octanol–water partition coefficient (Wildman–Crippen LogP) is 3.87. The third-order valence-electron chi connectivity index (χ3n) is 2.72. The van der Waals surface area contributed by atoms with Crippen LogP contribution in [0.5, 0.6) is 5.75 Å². The van der Waals surface area contributed by atoms with Crippen LogP contribution in [0.25, 0.3) is 0 Å². The maximum atomic E-state index is 5.64. The summed E-state index contributed by atoms with van der Waals surface area (Å²) in [6.45, 7) is 1.43. The molecular weight excluding hydrogens is 358 g/mol. The van der Waals surface area contributed by atoms with Crippen molar-refractivity contribution in [2.45, 2.75) is 31.8 Å². The van der Waals surface area contributed by atoms with Crippen LogP contribution >= 0.6 is 31.9 Å².